The number of nitrogens with zero attached hydrogens (tertiary/aromatic N) is 4. The second-order valence-electron chi connectivity index (χ2n) is 7.54. The van der Waals surface area contributed by atoms with Gasteiger partial charge in [-0.3, -0.25) is 4.79 Å². The third-order valence-corrected chi connectivity index (χ3v) is 5.85. The molecule has 0 fully saturated rings. The Morgan fingerprint density at radius 3 is 2.57 bits per heavy atom. The van der Waals surface area contributed by atoms with E-state index in [0.29, 0.717) is 28.6 Å². The van der Waals surface area contributed by atoms with Crippen LogP contribution in [0.4, 0.5) is 0 Å². The Labute approximate surface area is 180 Å². The van der Waals surface area contributed by atoms with Crippen molar-refractivity contribution in [2.45, 2.75) is 6.73 Å². The van der Waals surface area contributed by atoms with Crippen molar-refractivity contribution in [2.24, 2.45) is 0 Å². The van der Waals surface area contributed by atoms with E-state index in [2.05, 4.69) is 29.0 Å². The summed E-state index contributed by atoms with van der Waals surface area (Å²) in [7, 11) is -0.643. The van der Waals surface area contributed by atoms with E-state index in [1.54, 1.807) is 30.5 Å². The summed E-state index contributed by atoms with van der Waals surface area (Å²) in [6.45, 7) is 0.842. The van der Waals surface area contributed by atoms with Crippen LogP contribution in [0.5, 0.6) is 0 Å². The van der Waals surface area contributed by atoms with E-state index in [1.807, 2.05) is 0 Å². The molecule has 0 unspecified atom stereocenters. The quantitative estimate of drug-likeness (QED) is 0.529. The molecule has 0 atom stereocenters. The molecule has 0 bridgehead atoms. The molecule has 3 aromatic rings. The fourth-order valence-electron chi connectivity index (χ4n) is 2.58. The Morgan fingerprint density at radius 2 is 1.93 bits per heavy atom. The molecule has 2 heterocycles. The lowest BCUT2D eigenvalue weighted by atomic mass is 10.1. The molecule has 0 saturated carbocycles. The Bertz CT molecular complexity index is 1100. The molecule has 2 aromatic heterocycles. The second-order valence-corrected chi connectivity index (χ2v) is 12.6. The number of hydrogen-bond acceptors (Lipinski definition) is 5. The predicted molar refractivity (Wildman–Crippen MR) is 119 cm³/mol. The molecule has 0 aliphatic heterocycles. The number of ether oxygens (including phenoxy) is 1. The Balaban J connectivity index is 1.90. The molecule has 0 radical (unpaired) electrons. The minimum absolute atomic E-state index is 0.229. The molecular formula is C20H23ClN4O4S. The predicted octanol–water partition coefficient (Wildman–Crippen LogP) is 3.12. The van der Waals surface area contributed by atoms with Gasteiger partial charge in [0.15, 0.2) is 0 Å². The molecule has 0 amide bonds. The summed E-state index contributed by atoms with van der Waals surface area (Å²) in [5.74, 6) is -0.348. The Morgan fingerprint density at radius 1 is 1.23 bits per heavy atom. The average Bonchev–Trinajstić information content (AvgIpc) is 3.14. The molecule has 30 heavy (non-hydrogen) atoms. The van der Waals surface area contributed by atoms with Crippen LogP contribution in [0.2, 0.25) is 5.02 Å². The molecule has 0 aliphatic carbocycles. The number of hydrogen-bond donors (Lipinski definition) is 1. The third kappa shape index (κ3) is 5.50. The van der Waals surface area contributed by atoms with Gasteiger partial charge in [-0.05, 0) is 37.0 Å². The second kappa shape index (κ2) is 9.03. The highest BCUT2D eigenvalue weighted by molar-refractivity contribution is 8.32. The number of rotatable bonds is 8. The van der Waals surface area contributed by atoms with Crippen molar-refractivity contribution in [3.63, 3.8) is 0 Å². The van der Waals surface area contributed by atoms with Crippen LogP contribution in [0, 0.1) is 0 Å². The highest BCUT2D eigenvalue weighted by atomic mass is 35.5. The number of carboxylic acids is 1. The monoisotopic (exact) mass is 450 g/mol. The average molecular weight is 451 g/mol. The van der Waals surface area contributed by atoms with E-state index < -0.39 is 21.6 Å². The van der Waals surface area contributed by atoms with Gasteiger partial charge in [0.05, 0.1) is 24.7 Å². The maximum atomic E-state index is 12.7. The van der Waals surface area contributed by atoms with Crippen molar-refractivity contribution in [3.05, 3.63) is 63.7 Å². The fourth-order valence-corrected chi connectivity index (χ4v) is 3.33. The van der Waals surface area contributed by atoms with Gasteiger partial charge in [0, 0.05) is 16.3 Å². The van der Waals surface area contributed by atoms with Crippen LogP contribution < -0.4 is 5.56 Å². The van der Waals surface area contributed by atoms with Crippen molar-refractivity contribution in [3.8, 4) is 16.9 Å². The highest BCUT2D eigenvalue weighted by Crippen LogP contribution is 2.33. The van der Waals surface area contributed by atoms with Crippen LogP contribution >= 0.6 is 21.6 Å². The normalized spacial score (nSPS) is 12.1. The van der Waals surface area contributed by atoms with Crippen molar-refractivity contribution >= 4 is 27.6 Å². The van der Waals surface area contributed by atoms with Gasteiger partial charge in [0.25, 0.3) is 5.56 Å². The van der Waals surface area contributed by atoms with Crippen molar-refractivity contribution in [2.75, 3.05) is 31.1 Å². The topological polar surface area (TPSA) is 99.2 Å². The zero-order valence-electron chi connectivity index (χ0n) is 16.9. The zero-order valence-corrected chi connectivity index (χ0v) is 18.5. The van der Waals surface area contributed by atoms with Crippen molar-refractivity contribution in [1.29, 1.82) is 0 Å². The molecule has 0 spiro atoms. The highest BCUT2D eigenvalue weighted by Gasteiger charge is 2.17. The summed E-state index contributed by atoms with van der Waals surface area (Å²) in [5.41, 5.74) is 0.198. The lowest BCUT2D eigenvalue weighted by Crippen LogP contribution is -2.27. The van der Waals surface area contributed by atoms with E-state index in [0.717, 1.165) is 10.4 Å². The standard InChI is InChI=1S/C20H23ClN4O4S/c1-30(2,3)9-8-29-13-24-12-16(11-22-24)25-19(26)17(20(27)28)10-18(23-25)14-4-6-15(21)7-5-14/h4-7,10-12H,8-9,13H2,1-3H3,(H,27,28). The maximum absolute atomic E-state index is 12.7. The number of aromatic carboxylic acids is 1. The molecule has 160 valence electrons. The van der Waals surface area contributed by atoms with Crippen LogP contribution in [0.3, 0.4) is 0 Å². The summed E-state index contributed by atoms with van der Waals surface area (Å²) < 4.78 is 8.22. The molecule has 1 N–H and O–H groups in total. The molecule has 0 aliphatic rings. The van der Waals surface area contributed by atoms with Crippen LogP contribution in [-0.4, -0.2) is 61.8 Å². The Hall–Kier alpha value is -2.62. The van der Waals surface area contributed by atoms with Gasteiger partial charge in [-0.2, -0.15) is 14.9 Å². The van der Waals surface area contributed by atoms with Gasteiger partial charge in [0.2, 0.25) is 0 Å². The summed E-state index contributed by atoms with van der Waals surface area (Å²) >= 11 is 5.92. The lowest BCUT2D eigenvalue weighted by molar-refractivity contribution is 0.0694. The van der Waals surface area contributed by atoms with E-state index >= 15 is 0 Å². The minimum Gasteiger partial charge on any atom is -0.477 e. The van der Waals surface area contributed by atoms with Gasteiger partial charge in [-0.25, -0.2) is 19.5 Å². The van der Waals surface area contributed by atoms with Crippen LogP contribution in [-0.2, 0) is 11.5 Å². The minimum atomic E-state index is -1.33. The smallest absolute Gasteiger partial charge is 0.341 e. The summed E-state index contributed by atoms with van der Waals surface area (Å²) in [5, 5.41) is 18.5. The van der Waals surface area contributed by atoms with Gasteiger partial charge < -0.3 is 9.84 Å². The van der Waals surface area contributed by atoms with Gasteiger partial charge in [-0.1, -0.05) is 23.7 Å². The first-order valence-corrected chi connectivity index (χ1v) is 12.4. The number of benzene rings is 1. The van der Waals surface area contributed by atoms with Gasteiger partial charge >= 0.3 is 5.97 Å². The first-order valence-electron chi connectivity index (χ1n) is 9.04. The van der Waals surface area contributed by atoms with Crippen LogP contribution in [0.25, 0.3) is 16.9 Å². The fraction of sp³-hybridized carbons (Fsp3) is 0.300. The van der Waals surface area contributed by atoms with E-state index in [4.69, 9.17) is 16.3 Å². The van der Waals surface area contributed by atoms with Crippen molar-refractivity contribution in [1.82, 2.24) is 19.6 Å². The molecule has 3 rings (SSSR count). The zero-order chi connectivity index (χ0) is 21.9. The summed E-state index contributed by atoms with van der Waals surface area (Å²) in [6, 6.07) is 8.01. The molecule has 10 heteroatoms. The largest absolute Gasteiger partial charge is 0.477 e. The van der Waals surface area contributed by atoms with E-state index in [1.165, 1.54) is 16.9 Å². The van der Waals surface area contributed by atoms with Gasteiger partial charge in [0.1, 0.15) is 18.0 Å². The van der Waals surface area contributed by atoms with E-state index in [9.17, 15) is 14.7 Å². The molecular weight excluding hydrogens is 428 g/mol. The first-order chi connectivity index (χ1) is 14.1. The van der Waals surface area contributed by atoms with Gasteiger partial charge in [-0.15, -0.1) is 0 Å². The van der Waals surface area contributed by atoms with E-state index in [-0.39, 0.29) is 12.3 Å². The number of carboxylic acid groups (broad SMARTS) is 1. The number of halogens is 1. The summed E-state index contributed by atoms with van der Waals surface area (Å²) in [6.07, 6.45) is 9.69. The SMILES string of the molecule is CS(C)(C)CCOCn1cc(-n2nc(-c3ccc(Cl)cc3)cc(C(=O)O)c2=O)cn1. The number of aromatic nitrogens is 4. The molecule has 1 aromatic carbocycles. The first kappa shape index (κ1) is 22.1. The van der Waals surface area contributed by atoms with Crippen LogP contribution in [0.15, 0.2) is 47.5 Å². The van der Waals surface area contributed by atoms with Crippen molar-refractivity contribution < 1.29 is 14.6 Å². The van der Waals surface area contributed by atoms with Crippen LogP contribution in [0.1, 0.15) is 10.4 Å². The molecule has 0 saturated heterocycles. The summed E-state index contributed by atoms with van der Waals surface area (Å²) in [4.78, 5) is 24.3. The number of carbonyl (C=O) groups is 1. The molecule has 8 nitrogen and oxygen atoms in total. The Kier molecular flexibility index (Phi) is 6.64. The lowest BCUT2D eigenvalue weighted by Gasteiger charge is -2.24. The third-order valence-electron chi connectivity index (χ3n) is 4.21. The maximum Gasteiger partial charge on any atom is 0.341 e.